The monoisotopic (exact) mass is 508 g/mol. The number of hydrogen-bond donors (Lipinski definition) is 2. The standard InChI is InChI=1S/C22H24N2O8S2/c1-29-17-9-18(30-2)12-21(11-17)33(25,26)23-15-6-5-7-16(8-15)24-34(27,28)22-13-19(31-3)10-20(14-22)32-4/h5-14,23-24H,1-4H3. The number of nitrogens with one attached hydrogen (secondary N) is 2. The zero-order chi connectivity index (χ0) is 24.9. The van der Waals surface area contributed by atoms with Crippen LogP contribution < -0.4 is 28.4 Å². The highest BCUT2D eigenvalue weighted by Crippen LogP contribution is 2.29. The van der Waals surface area contributed by atoms with Gasteiger partial charge in [-0.2, -0.15) is 0 Å². The Balaban J connectivity index is 1.88. The van der Waals surface area contributed by atoms with Crippen LogP contribution in [0.2, 0.25) is 0 Å². The maximum absolute atomic E-state index is 12.9. The van der Waals surface area contributed by atoms with Gasteiger partial charge in [-0.15, -0.1) is 0 Å². The topological polar surface area (TPSA) is 129 Å². The Morgan fingerprint density at radius 3 is 1.15 bits per heavy atom. The smallest absolute Gasteiger partial charge is 0.262 e. The van der Waals surface area contributed by atoms with Crippen molar-refractivity contribution in [3.63, 3.8) is 0 Å². The van der Waals surface area contributed by atoms with Gasteiger partial charge in [-0.3, -0.25) is 9.44 Å². The molecule has 34 heavy (non-hydrogen) atoms. The molecule has 0 aromatic heterocycles. The second kappa shape index (κ2) is 10.1. The van der Waals surface area contributed by atoms with Crippen molar-refractivity contribution in [2.24, 2.45) is 0 Å². The average molecular weight is 509 g/mol. The minimum Gasteiger partial charge on any atom is -0.497 e. The summed E-state index contributed by atoms with van der Waals surface area (Å²) in [6.07, 6.45) is 0. The van der Waals surface area contributed by atoms with Crippen molar-refractivity contribution in [1.82, 2.24) is 0 Å². The fraction of sp³-hybridized carbons (Fsp3) is 0.182. The Morgan fingerprint density at radius 1 is 0.529 bits per heavy atom. The molecule has 0 spiro atoms. The number of sulfonamides is 2. The van der Waals surface area contributed by atoms with Crippen molar-refractivity contribution in [2.75, 3.05) is 37.9 Å². The average Bonchev–Trinajstić information content (AvgIpc) is 2.82. The predicted octanol–water partition coefficient (Wildman–Crippen LogP) is 3.32. The first kappa shape index (κ1) is 25.0. The van der Waals surface area contributed by atoms with Crippen LogP contribution in [0, 0.1) is 0 Å². The van der Waals surface area contributed by atoms with Gasteiger partial charge < -0.3 is 18.9 Å². The molecule has 0 aliphatic carbocycles. The van der Waals surface area contributed by atoms with Crippen LogP contribution in [0.1, 0.15) is 0 Å². The van der Waals surface area contributed by atoms with Gasteiger partial charge in [0.05, 0.1) is 49.6 Å². The lowest BCUT2D eigenvalue weighted by molar-refractivity contribution is 0.392. The van der Waals surface area contributed by atoms with Gasteiger partial charge in [0.2, 0.25) is 0 Å². The normalized spacial score (nSPS) is 11.4. The second-order valence-corrected chi connectivity index (χ2v) is 10.3. The highest BCUT2D eigenvalue weighted by Gasteiger charge is 2.20. The van der Waals surface area contributed by atoms with Crippen LogP contribution in [0.4, 0.5) is 11.4 Å². The highest BCUT2D eigenvalue weighted by molar-refractivity contribution is 7.93. The van der Waals surface area contributed by atoms with E-state index in [4.69, 9.17) is 18.9 Å². The number of hydrogen-bond acceptors (Lipinski definition) is 8. The second-order valence-electron chi connectivity index (χ2n) is 6.89. The Hall–Kier alpha value is -3.64. The first-order chi connectivity index (χ1) is 16.1. The third-order valence-corrected chi connectivity index (χ3v) is 7.36. The van der Waals surface area contributed by atoms with Crippen molar-refractivity contribution < 1.29 is 35.8 Å². The zero-order valence-electron chi connectivity index (χ0n) is 18.9. The fourth-order valence-corrected chi connectivity index (χ4v) is 5.14. The molecule has 182 valence electrons. The van der Waals surface area contributed by atoms with E-state index in [9.17, 15) is 16.8 Å². The van der Waals surface area contributed by atoms with Crippen LogP contribution in [0.15, 0.2) is 70.5 Å². The SMILES string of the molecule is COc1cc(OC)cc(S(=O)(=O)Nc2cccc(NS(=O)(=O)c3cc(OC)cc(OC)c3)c2)c1. The van der Waals surface area contributed by atoms with Crippen LogP contribution in [0.3, 0.4) is 0 Å². The van der Waals surface area contributed by atoms with E-state index in [0.29, 0.717) is 23.0 Å². The quantitative estimate of drug-likeness (QED) is 0.427. The van der Waals surface area contributed by atoms with Crippen LogP contribution in [-0.2, 0) is 20.0 Å². The summed E-state index contributed by atoms with van der Waals surface area (Å²) in [6.45, 7) is 0. The van der Waals surface area contributed by atoms with Gasteiger partial charge in [0.25, 0.3) is 20.0 Å². The molecule has 3 aromatic carbocycles. The van der Waals surface area contributed by atoms with Crippen molar-refractivity contribution >= 4 is 31.4 Å². The summed E-state index contributed by atoms with van der Waals surface area (Å²) in [7, 11) is -2.42. The Morgan fingerprint density at radius 2 is 0.853 bits per heavy atom. The van der Waals surface area contributed by atoms with E-state index in [1.165, 1.54) is 77.0 Å². The number of rotatable bonds is 10. The predicted molar refractivity (Wildman–Crippen MR) is 127 cm³/mol. The van der Waals surface area contributed by atoms with Crippen molar-refractivity contribution in [3.8, 4) is 23.0 Å². The molecule has 3 aromatic rings. The molecule has 0 amide bonds. The summed E-state index contributed by atoms with van der Waals surface area (Å²) in [5.74, 6) is 1.20. The summed E-state index contributed by atoms with van der Waals surface area (Å²) in [4.78, 5) is -0.170. The van der Waals surface area contributed by atoms with Crippen LogP contribution in [0.25, 0.3) is 0 Å². The summed E-state index contributed by atoms with van der Waals surface area (Å²) in [6, 6.07) is 14.3. The van der Waals surface area contributed by atoms with Gasteiger partial charge in [0.1, 0.15) is 23.0 Å². The van der Waals surface area contributed by atoms with E-state index in [1.807, 2.05) is 0 Å². The summed E-state index contributed by atoms with van der Waals surface area (Å²) >= 11 is 0. The molecule has 0 unspecified atom stereocenters. The van der Waals surface area contributed by atoms with Crippen LogP contribution >= 0.6 is 0 Å². The minimum atomic E-state index is -4.03. The van der Waals surface area contributed by atoms with E-state index in [1.54, 1.807) is 12.1 Å². The number of benzene rings is 3. The van der Waals surface area contributed by atoms with Gasteiger partial charge in [-0.25, -0.2) is 16.8 Å². The van der Waals surface area contributed by atoms with E-state index in [0.717, 1.165) is 0 Å². The van der Waals surface area contributed by atoms with Gasteiger partial charge >= 0.3 is 0 Å². The maximum Gasteiger partial charge on any atom is 0.262 e. The molecular weight excluding hydrogens is 484 g/mol. The van der Waals surface area contributed by atoms with Crippen LogP contribution in [0.5, 0.6) is 23.0 Å². The summed E-state index contributed by atoms with van der Waals surface area (Å²) < 4.78 is 77.0. The molecule has 10 nitrogen and oxygen atoms in total. The maximum atomic E-state index is 12.9. The highest BCUT2D eigenvalue weighted by atomic mass is 32.2. The molecule has 0 aliphatic heterocycles. The molecule has 2 N–H and O–H groups in total. The van der Waals surface area contributed by atoms with Crippen molar-refractivity contribution in [1.29, 1.82) is 0 Å². The van der Waals surface area contributed by atoms with E-state index in [-0.39, 0.29) is 21.2 Å². The largest absolute Gasteiger partial charge is 0.497 e. The lowest BCUT2D eigenvalue weighted by Crippen LogP contribution is -2.15. The van der Waals surface area contributed by atoms with Crippen molar-refractivity contribution in [2.45, 2.75) is 9.79 Å². The van der Waals surface area contributed by atoms with Gasteiger partial charge in [-0.05, 0) is 18.2 Å². The van der Waals surface area contributed by atoms with Crippen LogP contribution in [-0.4, -0.2) is 45.3 Å². The molecule has 0 radical (unpaired) electrons. The number of methoxy groups -OCH3 is 4. The molecule has 0 saturated carbocycles. The lowest BCUT2D eigenvalue weighted by Gasteiger charge is -2.13. The molecule has 0 atom stereocenters. The molecule has 0 fully saturated rings. The van der Waals surface area contributed by atoms with E-state index < -0.39 is 20.0 Å². The summed E-state index contributed by atoms with van der Waals surface area (Å²) in [5.41, 5.74) is 0.287. The third-order valence-electron chi connectivity index (χ3n) is 4.64. The van der Waals surface area contributed by atoms with Gasteiger partial charge in [0.15, 0.2) is 0 Å². The Kier molecular flexibility index (Phi) is 7.42. The third kappa shape index (κ3) is 5.83. The zero-order valence-corrected chi connectivity index (χ0v) is 20.5. The number of anilines is 2. The Labute approximate surface area is 198 Å². The number of ether oxygens (including phenoxy) is 4. The Bertz CT molecular complexity index is 1240. The molecule has 0 bridgehead atoms. The molecule has 12 heteroatoms. The molecule has 0 heterocycles. The first-order valence-electron chi connectivity index (χ1n) is 9.72. The fourth-order valence-electron chi connectivity index (χ4n) is 2.95. The van der Waals surface area contributed by atoms with Gasteiger partial charge in [0, 0.05) is 36.4 Å². The summed E-state index contributed by atoms with van der Waals surface area (Å²) in [5, 5.41) is 0. The molecule has 3 rings (SSSR count). The molecule has 0 saturated heterocycles. The molecular formula is C22H24N2O8S2. The van der Waals surface area contributed by atoms with E-state index in [2.05, 4.69) is 9.44 Å². The van der Waals surface area contributed by atoms with Gasteiger partial charge in [-0.1, -0.05) is 6.07 Å². The van der Waals surface area contributed by atoms with Crippen molar-refractivity contribution in [3.05, 3.63) is 60.7 Å². The molecule has 0 aliphatic rings. The van der Waals surface area contributed by atoms with E-state index >= 15 is 0 Å². The minimum absolute atomic E-state index is 0.0850. The lowest BCUT2D eigenvalue weighted by atomic mass is 10.3. The first-order valence-corrected chi connectivity index (χ1v) is 12.7.